The van der Waals surface area contributed by atoms with Gasteiger partial charge in [0.1, 0.15) is 0 Å². The van der Waals surface area contributed by atoms with Crippen molar-refractivity contribution in [3.05, 3.63) is 33.4 Å². The zero-order valence-electron chi connectivity index (χ0n) is 10.3. The number of nitrogens with zero attached hydrogens (tertiary/aromatic N) is 2. The van der Waals surface area contributed by atoms with Crippen molar-refractivity contribution >= 4 is 17.2 Å². The quantitative estimate of drug-likeness (QED) is 0.782. The molecule has 0 aliphatic carbocycles. The fourth-order valence-electron chi connectivity index (χ4n) is 1.61. The molecule has 102 valence electrons. The minimum atomic E-state index is -0.144. The number of hydrogen-bond acceptors (Lipinski definition) is 6. The first kappa shape index (κ1) is 13.4. The minimum Gasteiger partial charge on any atom is -0.494 e. The summed E-state index contributed by atoms with van der Waals surface area (Å²) in [5.41, 5.74) is 5.64. The van der Waals surface area contributed by atoms with Crippen LogP contribution in [0.5, 0.6) is 11.6 Å². The van der Waals surface area contributed by atoms with E-state index in [1.807, 2.05) is 0 Å². The van der Waals surface area contributed by atoms with Crippen molar-refractivity contribution in [2.75, 3.05) is 12.3 Å². The van der Waals surface area contributed by atoms with E-state index in [0.717, 1.165) is 24.2 Å². The SMILES string of the molecule is Nc1ncccc1OCCCCn1c(O)csc1=O. The lowest BCUT2D eigenvalue weighted by Crippen LogP contribution is -2.13. The lowest BCUT2D eigenvalue weighted by molar-refractivity contribution is 0.301. The fourth-order valence-corrected chi connectivity index (χ4v) is 2.25. The number of nitrogens with two attached hydrogens (primary N) is 1. The summed E-state index contributed by atoms with van der Waals surface area (Å²) in [5.74, 6) is 0.958. The highest BCUT2D eigenvalue weighted by molar-refractivity contribution is 7.07. The summed E-state index contributed by atoms with van der Waals surface area (Å²) in [4.78, 5) is 15.1. The molecule has 2 aromatic heterocycles. The fraction of sp³-hybridized carbons (Fsp3) is 0.333. The lowest BCUT2D eigenvalue weighted by atomic mass is 10.3. The van der Waals surface area contributed by atoms with Crippen molar-refractivity contribution in [3.8, 4) is 11.6 Å². The van der Waals surface area contributed by atoms with E-state index in [1.54, 1.807) is 18.3 Å². The Morgan fingerprint density at radius 3 is 3.00 bits per heavy atom. The molecule has 2 heterocycles. The molecule has 0 atom stereocenters. The van der Waals surface area contributed by atoms with Gasteiger partial charge in [0.25, 0.3) is 0 Å². The number of unbranched alkanes of at least 4 members (excludes halogenated alkanes) is 1. The summed E-state index contributed by atoms with van der Waals surface area (Å²) in [6, 6.07) is 3.52. The van der Waals surface area contributed by atoms with Gasteiger partial charge >= 0.3 is 4.87 Å². The van der Waals surface area contributed by atoms with Crippen molar-refractivity contribution in [1.82, 2.24) is 9.55 Å². The summed E-state index contributed by atoms with van der Waals surface area (Å²) in [7, 11) is 0. The predicted molar refractivity (Wildman–Crippen MR) is 73.6 cm³/mol. The van der Waals surface area contributed by atoms with Crippen LogP contribution in [0.25, 0.3) is 0 Å². The minimum absolute atomic E-state index is 0.0208. The Morgan fingerprint density at radius 1 is 1.47 bits per heavy atom. The van der Waals surface area contributed by atoms with Crippen LogP contribution in [0.3, 0.4) is 0 Å². The second-order valence-electron chi connectivity index (χ2n) is 3.95. The number of nitrogen functional groups attached to an aromatic ring is 1. The summed E-state index contributed by atoms with van der Waals surface area (Å²) in [6.07, 6.45) is 3.11. The zero-order valence-corrected chi connectivity index (χ0v) is 11.1. The summed E-state index contributed by atoms with van der Waals surface area (Å²) < 4.78 is 6.83. The second kappa shape index (κ2) is 6.24. The molecular weight excluding hydrogens is 266 g/mol. The standard InChI is InChI=1S/C12H15N3O3S/c13-11-9(4-3-5-14-11)18-7-2-1-6-15-10(16)8-19-12(15)17/h3-5,8,16H,1-2,6-7H2,(H2,13,14). The van der Waals surface area contributed by atoms with Gasteiger partial charge in [-0.15, -0.1) is 0 Å². The zero-order chi connectivity index (χ0) is 13.7. The highest BCUT2D eigenvalue weighted by Crippen LogP contribution is 2.17. The number of aromatic hydroxyl groups is 1. The topological polar surface area (TPSA) is 90.4 Å². The Balaban J connectivity index is 1.74. The molecule has 0 saturated carbocycles. The molecule has 0 spiro atoms. The van der Waals surface area contributed by atoms with Crippen molar-refractivity contribution in [2.24, 2.45) is 0 Å². The van der Waals surface area contributed by atoms with Crippen LogP contribution in [0.15, 0.2) is 28.5 Å². The summed E-state index contributed by atoms with van der Waals surface area (Å²) >= 11 is 0.995. The van der Waals surface area contributed by atoms with E-state index < -0.39 is 0 Å². The van der Waals surface area contributed by atoms with Crippen LogP contribution in [0, 0.1) is 0 Å². The van der Waals surface area contributed by atoms with Crippen LogP contribution in [-0.2, 0) is 6.54 Å². The van der Waals surface area contributed by atoms with Crippen molar-refractivity contribution < 1.29 is 9.84 Å². The van der Waals surface area contributed by atoms with Crippen LogP contribution >= 0.6 is 11.3 Å². The van der Waals surface area contributed by atoms with E-state index in [4.69, 9.17) is 10.5 Å². The number of rotatable bonds is 6. The smallest absolute Gasteiger partial charge is 0.309 e. The third-order valence-electron chi connectivity index (χ3n) is 2.60. The van der Waals surface area contributed by atoms with Crippen LogP contribution < -0.4 is 15.3 Å². The third-order valence-corrected chi connectivity index (χ3v) is 3.35. The molecule has 0 fully saturated rings. The molecule has 19 heavy (non-hydrogen) atoms. The molecule has 0 saturated heterocycles. The average Bonchev–Trinajstić information content (AvgIpc) is 2.72. The van der Waals surface area contributed by atoms with Gasteiger partial charge in [-0.25, -0.2) is 4.98 Å². The molecule has 6 nitrogen and oxygen atoms in total. The number of hydrogen-bond donors (Lipinski definition) is 2. The van der Waals surface area contributed by atoms with E-state index in [2.05, 4.69) is 4.98 Å². The molecule has 0 radical (unpaired) electrons. The molecular formula is C12H15N3O3S. The molecule has 2 aromatic rings. The normalized spacial score (nSPS) is 10.5. The van der Waals surface area contributed by atoms with Crippen LogP contribution in [0.2, 0.25) is 0 Å². The Hall–Kier alpha value is -2.02. The molecule has 7 heteroatoms. The van der Waals surface area contributed by atoms with Gasteiger partial charge in [0, 0.05) is 12.7 Å². The highest BCUT2D eigenvalue weighted by Gasteiger charge is 2.04. The van der Waals surface area contributed by atoms with Gasteiger partial charge in [0.05, 0.1) is 12.0 Å². The third kappa shape index (κ3) is 3.47. The van der Waals surface area contributed by atoms with Crippen LogP contribution in [0.1, 0.15) is 12.8 Å². The number of pyridine rings is 1. The molecule has 0 aliphatic rings. The van der Waals surface area contributed by atoms with E-state index in [1.165, 1.54) is 9.95 Å². The molecule has 2 rings (SSSR count). The van der Waals surface area contributed by atoms with Gasteiger partial charge in [-0.2, -0.15) is 0 Å². The van der Waals surface area contributed by atoms with Gasteiger partial charge in [-0.3, -0.25) is 9.36 Å². The number of aromatic nitrogens is 2. The molecule has 0 unspecified atom stereocenters. The first-order valence-corrected chi connectivity index (χ1v) is 6.77. The number of anilines is 1. The Kier molecular flexibility index (Phi) is 4.40. The molecule has 0 amide bonds. The monoisotopic (exact) mass is 281 g/mol. The van der Waals surface area contributed by atoms with Gasteiger partial charge in [-0.05, 0) is 25.0 Å². The van der Waals surface area contributed by atoms with Gasteiger partial charge in [-0.1, -0.05) is 11.3 Å². The van der Waals surface area contributed by atoms with Crippen LogP contribution in [0.4, 0.5) is 5.82 Å². The maximum Gasteiger partial charge on any atom is 0.309 e. The van der Waals surface area contributed by atoms with Crippen LogP contribution in [-0.4, -0.2) is 21.3 Å². The van der Waals surface area contributed by atoms with E-state index in [-0.39, 0.29) is 10.8 Å². The van der Waals surface area contributed by atoms with Crippen molar-refractivity contribution in [1.29, 1.82) is 0 Å². The predicted octanol–water partition coefficient (Wildman–Crippen LogP) is 1.45. The lowest BCUT2D eigenvalue weighted by Gasteiger charge is -2.07. The summed E-state index contributed by atoms with van der Waals surface area (Å²) in [5, 5.41) is 10.9. The molecule has 0 bridgehead atoms. The first-order valence-electron chi connectivity index (χ1n) is 5.89. The van der Waals surface area contributed by atoms with Crippen molar-refractivity contribution in [2.45, 2.75) is 19.4 Å². The van der Waals surface area contributed by atoms with Crippen molar-refractivity contribution in [3.63, 3.8) is 0 Å². The maximum atomic E-state index is 11.3. The largest absolute Gasteiger partial charge is 0.494 e. The molecule has 0 aromatic carbocycles. The second-order valence-corrected chi connectivity index (χ2v) is 4.77. The highest BCUT2D eigenvalue weighted by atomic mass is 32.1. The number of ether oxygens (including phenoxy) is 1. The van der Waals surface area contributed by atoms with E-state index in [0.29, 0.717) is 24.7 Å². The van der Waals surface area contributed by atoms with Gasteiger partial charge in [0.2, 0.25) is 5.88 Å². The maximum absolute atomic E-state index is 11.3. The molecule has 0 aliphatic heterocycles. The van der Waals surface area contributed by atoms with E-state index >= 15 is 0 Å². The van der Waals surface area contributed by atoms with Gasteiger partial charge in [0.15, 0.2) is 11.6 Å². The number of thiazole rings is 1. The van der Waals surface area contributed by atoms with E-state index in [9.17, 15) is 9.90 Å². The Labute approximate surface area is 114 Å². The summed E-state index contributed by atoms with van der Waals surface area (Å²) in [6.45, 7) is 0.982. The molecule has 3 N–H and O–H groups in total. The first-order chi connectivity index (χ1) is 9.18. The average molecular weight is 281 g/mol. The Bertz CT molecular complexity index is 594. The Morgan fingerprint density at radius 2 is 2.32 bits per heavy atom. The van der Waals surface area contributed by atoms with Gasteiger partial charge < -0.3 is 15.6 Å².